The van der Waals surface area contributed by atoms with Gasteiger partial charge in [0.15, 0.2) is 0 Å². The van der Waals surface area contributed by atoms with Gasteiger partial charge in [-0.25, -0.2) is 4.90 Å². The highest BCUT2D eigenvalue weighted by molar-refractivity contribution is 6.46. The lowest BCUT2D eigenvalue weighted by Crippen LogP contribution is -2.32. The summed E-state index contributed by atoms with van der Waals surface area (Å²) in [4.78, 5) is 38.4. The number of carbonyl (C=O) groups excluding carboxylic acids is 2. The van der Waals surface area contributed by atoms with Crippen LogP contribution in [0, 0.1) is 35.3 Å². The summed E-state index contributed by atoms with van der Waals surface area (Å²) in [5, 5.41) is 23.2. The molecule has 0 bridgehead atoms. The molecule has 8 heteroatoms. The molecular weight excluding hydrogens is 420 g/mol. The molecule has 0 fully saturated rings. The maximum absolute atomic E-state index is 13.4. The second-order valence-corrected chi connectivity index (χ2v) is 7.66. The van der Waals surface area contributed by atoms with Crippen molar-refractivity contribution in [2.75, 3.05) is 10.2 Å². The molecule has 1 heterocycles. The summed E-state index contributed by atoms with van der Waals surface area (Å²) in [6.07, 6.45) is 0. The van der Waals surface area contributed by atoms with Gasteiger partial charge in [0.25, 0.3) is 17.5 Å². The van der Waals surface area contributed by atoms with Gasteiger partial charge >= 0.3 is 0 Å². The van der Waals surface area contributed by atoms with E-state index in [1.165, 1.54) is 48.5 Å². The molecule has 4 rings (SSSR count). The van der Waals surface area contributed by atoms with Gasteiger partial charge < -0.3 is 5.32 Å². The molecule has 0 unspecified atom stereocenters. The lowest BCUT2D eigenvalue weighted by atomic mass is 10.0. The molecule has 1 aliphatic rings. The SMILES string of the molecule is Cc1cc(C)cc(NC2=C(c3ccc([N+](=O)[O-])cc3)C(=O)N(c3ccc(C#N)cc3)C2=O)c1. The fraction of sp³-hybridized carbons (Fsp3) is 0.0800. The summed E-state index contributed by atoms with van der Waals surface area (Å²) in [5.41, 5.74) is 3.76. The molecule has 3 aromatic carbocycles. The number of non-ortho nitro benzene ring substituents is 1. The fourth-order valence-electron chi connectivity index (χ4n) is 3.77. The molecular formula is C25H18N4O4. The predicted molar refractivity (Wildman–Crippen MR) is 123 cm³/mol. The third-order valence-corrected chi connectivity index (χ3v) is 5.20. The monoisotopic (exact) mass is 438 g/mol. The number of amides is 2. The van der Waals surface area contributed by atoms with Crippen molar-refractivity contribution >= 4 is 34.4 Å². The minimum Gasteiger partial charge on any atom is -0.350 e. The Hall–Kier alpha value is -4.77. The molecule has 2 amide bonds. The zero-order valence-corrected chi connectivity index (χ0v) is 17.8. The van der Waals surface area contributed by atoms with E-state index < -0.39 is 16.7 Å². The third kappa shape index (κ3) is 4.07. The van der Waals surface area contributed by atoms with Crippen molar-refractivity contribution in [1.29, 1.82) is 5.26 Å². The number of rotatable bonds is 5. The Morgan fingerprint density at radius 2 is 1.52 bits per heavy atom. The lowest BCUT2D eigenvalue weighted by Gasteiger charge is -2.15. The molecule has 1 aliphatic heterocycles. The van der Waals surface area contributed by atoms with Crippen LogP contribution in [0.1, 0.15) is 22.3 Å². The Kier molecular flexibility index (Phi) is 5.46. The Labute approximate surface area is 189 Å². The zero-order valence-electron chi connectivity index (χ0n) is 17.8. The second kappa shape index (κ2) is 8.40. The normalized spacial score (nSPS) is 13.3. The third-order valence-electron chi connectivity index (χ3n) is 5.20. The number of nitrogens with zero attached hydrogens (tertiary/aromatic N) is 3. The van der Waals surface area contributed by atoms with E-state index >= 15 is 0 Å². The number of nitro benzene ring substituents is 1. The molecule has 8 nitrogen and oxygen atoms in total. The highest BCUT2D eigenvalue weighted by atomic mass is 16.6. The van der Waals surface area contributed by atoms with E-state index in [9.17, 15) is 19.7 Å². The van der Waals surface area contributed by atoms with E-state index in [4.69, 9.17) is 5.26 Å². The maximum Gasteiger partial charge on any atom is 0.282 e. The van der Waals surface area contributed by atoms with Crippen molar-refractivity contribution < 1.29 is 14.5 Å². The topological polar surface area (TPSA) is 116 Å². The van der Waals surface area contributed by atoms with Crippen LogP contribution in [0.5, 0.6) is 0 Å². The predicted octanol–water partition coefficient (Wildman–Crippen LogP) is 4.48. The van der Waals surface area contributed by atoms with Crippen LogP contribution in [0.3, 0.4) is 0 Å². The van der Waals surface area contributed by atoms with Gasteiger partial charge in [-0.2, -0.15) is 5.26 Å². The molecule has 0 spiro atoms. The number of aryl methyl sites for hydroxylation is 2. The molecule has 33 heavy (non-hydrogen) atoms. The van der Waals surface area contributed by atoms with Gasteiger partial charge in [-0.15, -0.1) is 0 Å². The highest BCUT2D eigenvalue weighted by Crippen LogP contribution is 2.34. The number of nitriles is 1. The van der Waals surface area contributed by atoms with Crippen LogP contribution in [0.15, 0.2) is 72.4 Å². The van der Waals surface area contributed by atoms with E-state index in [2.05, 4.69) is 5.32 Å². The number of nitrogens with one attached hydrogen (secondary N) is 1. The van der Waals surface area contributed by atoms with Crippen LogP contribution < -0.4 is 10.2 Å². The first-order valence-electron chi connectivity index (χ1n) is 10.0. The molecule has 3 aromatic rings. The Balaban J connectivity index is 1.82. The van der Waals surface area contributed by atoms with Crippen LogP contribution in [-0.4, -0.2) is 16.7 Å². The van der Waals surface area contributed by atoms with E-state index in [1.807, 2.05) is 38.1 Å². The van der Waals surface area contributed by atoms with Gasteiger partial charge in [0.2, 0.25) is 0 Å². The minimum atomic E-state index is -0.564. The molecule has 0 aliphatic carbocycles. The highest BCUT2D eigenvalue weighted by Gasteiger charge is 2.40. The second-order valence-electron chi connectivity index (χ2n) is 7.66. The van der Waals surface area contributed by atoms with E-state index in [-0.39, 0.29) is 17.0 Å². The van der Waals surface area contributed by atoms with Gasteiger partial charge in [0.05, 0.1) is 27.8 Å². The minimum absolute atomic E-state index is 0.0724. The first-order valence-corrected chi connectivity index (χ1v) is 10.0. The number of benzene rings is 3. The lowest BCUT2D eigenvalue weighted by molar-refractivity contribution is -0.384. The Bertz CT molecular complexity index is 1350. The molecule has 1 N–H and O–H groups in total. The smallest absolute Gasteiger partial charge is 0.282 e. The molecule has 0 atom stereocenters. The summed E-state index contributed by atoms with van der Waals surface area (Å²) < 4.78 is 0. The van der Waals surface area contributed by atoms with Gasteiger partial charge in [-0.1, -0.05) is 6.07 Å². The summed E-state index contributed by atoms with van der Waals surface area (Å²) in [7, 11) is 0. The maximum atomic E-state index is 13.4. The van der Waals surface area contributed by atoms with E-state index in [1.54, 1.807) is 0 Å². The van der Waals surface area contributed by atoms with Gasteiger partial charge in [-0.05, 0) is 79.1 Å². The first kappa shape index (κ1) is 21.5. The summed E-state index contributed by atoms with van der Waals surface area (Å²) in [6, 6.07) is 19.3. The van der Waals surface area contributed by atoms with Crippen LogP contribution in [0.25, 0.3) is 5.57 Å². The largest absolute Gasteiger partial charge is 0.350 e. The van der Waals surface area contributed by atoms with Crippen LogP contribution in [0.2, 0.25) is 0 Å². The average molecular weight is 438 g/mol. The average Bonchev–Trinajstić information content (AvgIpc) is 3.02. The summed E-state index contributed by atoms with van der Waals surface area (Å²) in [6.45, 7) is 3.85. The molecule has 162 valence electrons. The number of hydrogen-bond acceptors (Lipinski definition) is 6. The number of nitro groups is 1. The molecule has 0 aromatic heterocycles. The molecule has 0 radical (unpaired) electrons. The van der Waals surface area contributed by atoms with Crippen LogP contribution in [0.4, 0.5) is 17.1 Å². The van der Waals surface area contributed by atoms with Crippen molar-refractivity contribution in [3.63, 3.8) is 0 Å². The van der Waals surface area contributed by atoms with Gasteiger partial charge in [0.1, 0.15) is 5.70 Å². The first-order chi connectivity index (χ1) is 15.8. The summed E-state index contributed by atoms with van der Waals surface area (Å²) in [5.74, 6) is -1.12. The Morgan fingerprint density at radius 3 is 2.06 bits per heavy atom. The quantitative estimate of drug-likeness (QED) is 0.357. The van der Waals surface area contributed by atoms with Crippen molar-refractivity contribution in [3.05, 3.63) is 105 Å². The van der Waals surface area contributed by atoms with Gasteiger partial charge in [-0.3, -0.25) is 19.7 Å². The van der Waals surface area contributed by atoms with Crippen LogP contribution >= 0.6 is 0 Å². The number of hydrogen-bond donors (Lipinski definition) is 1. The van der Waals surface area contributed by atoms with Crippen molar-refractivity contribution in [2.24, 2.45) is 0 Å². The number of carbonyl (C=O) groups is 2. The van der Waals surface area contributed by atoms with E-state index in [0.29, 0.717) is 22.5 Å². The zero-order chi connectivity index (χ0) is 23.7. The van der Waals surface area contributed by atoms with Crippen molar-refractivity contribution in [3.8, 4) is 6.07 Å². The molecule has 0 saturated carbocycles. The van der Waals surface area contributed by atoms with Crippen molar-refractivity contribution in [1.82, 2.24) is 0 Å². The standard InChI is InChI=1S/C25H18N4O4/c1-15-11-16(2)13-19(12-15)27-23-22(18-5-9-21(10-6-18)29(32)33)24(30)28(25(23)31)20-7-3-17(14-26)4-8-20/h3-13,27H,1-2H3. The number of imide groups is 1. The fourth-order valence-corrected chi connectivity index (χ4v) is 3.77. The Morgan fingerprint density at radius 1 is 0.909 bits per heavy atom. The number of anilines is 2. The van der Waals surface area contributed by atoms with E-state index in [0.717, 1.165) is 16.0 Å². The van der Waals surface area contributed by atoms with Crippen molar-refractivity contribution in [2.45, 2.75) is 13.8 Å². The molecule has 0 saturated heterocycles. The van der Waals surface area contributed by atoms with Gasteiger partial charge in [0, 0.05) is 17.8 Å². The summed E-state index contributed by atoms with van der Waals surface area (Å²) >= 11 is 0. The van der Waals surface area contributed by atoms with Crippen LogP contribution in [-0.2, 0) is 9.59 Å².